The second-order valence-corrected chi connectivity index (χ2v) is 14.3. The smallest absolute Gasteiger partial charge is 0.373 e. The summed E-state index contributed by atoms with van der Waals surface area (Å²) in [5, 5.41) is 19.2. The molecule has 2 N–H and O–H groups in total. The molecule has 0 aliphatic rings. The minimum absolute atomic E-state index is 0. The zero-order valence-corrected chi connectivity index (χ0v) is 48.4. The summed E-state index contributed by atoms with van der Waals surface area (Å²) >= 11 is 0. The summed E-state index contributed by atoms with van der Waals surface area (Å²) in [6, 6.07) is 24.2. The van der Waals surface area contributed by atoms with Gasteiger partial charge in [-0.15, -0.1) is 0 Å². The van der Waals surface area contributed by atoms with Gasteiger partial charge in [-0.05, 0) is 54.6 Å². The molecule has 0 spiro atoms. The summed E-state index contributed by atoms with van der Waals surface area (Å²) in [5.41, 5.74) is -0.133. The second kappa shape index (κ2) is 36.7. The minimum Gasteiger partial charge on any atom is -0.493 e. The van der Waals surface area contributed by atoms with E-state index in [0.717, 1.165) is 12.1 Å². The molecule has 0 saturated heterocycles. The van der Waals surface area contributed by atoms with E-state index in [9.17, 15) is 28.8 Å². The van der Waals surface area contributed by atoms with Crippen LogP contribution in [0.1, 0.15) is 62.7 Å². The van der Waals surface area contributed by atoms with Crippen molar-refractivity contribution in [2.24, 2.45) is 11.8 Å². The van der Waals surface area contributed by atoms with Crippen LogP contribution in [0.4, 0.5) is 0 Å². The Morgan fingerprint density at radius 2 is 0.842 bits per heavy atom. The summed E-state index contributed by atoms with van der Waals surface area (Å²) in [4.78, 5) is 103. The maximum absolute atomic E-state index is 12.4. The van der Waals surface area contributed by atoms with Crippen LogP contribution in [0.25, 0.3) is 43.9 Å². The topological polar surface area (TPSA) is 301 Å². The van der Waals surface area contributed by atoms with Crippen molar-refractivity contribution in [2.45, 2.75) is 41.5 Å². The van der Waals surface area contributed by atoms with Crippen molar-refractivity contribution in [1.29, 1.82) is 0 Å². The van der Waals surface area contributed by atoms with Crippen LogP contribution < -0.4 is 40.7 Å². The molecule has 2 unspecified atom stereocenters. The number of rotatable bonds is 14. The molecule has 0 aliphatic carbocycles. The fourth-order valence-electron chi connectivity index (χ4n) is 6.21. The van der Waals surface area contributed by atoms with Crippen LogP contribution in [0.15, 0.2) is 146 Å². The zero-order chi connectivity index (χ0) is 53.3. The van der Waals surface area contributed by atoms with Gasteiger partial charge in [0.15, 0.2) is 21.7 Å². The van der Waals surface area contributed by atoms with Gasteiger partial charge in [-0.25, -0.2) is 9.59 Å². The van der Waals surface area contributed by atoms with Crippen molar-refractivity contribution >= 4 is 68.1 Å². The molecule has 2 radical (unpaired) electrons. The van der Waals surface area contributed by atoms with Gasteiger partial charge < -0.3 is 61.7 Å². The van der Waals surface area contributed by atoms with E-state index in [4.69, 9.17) is 66.0 Å². The Bertz CT molecular complexity index is 3400. The largest absolute Gasteiger partial charge is 0.493 e. The van der Waals surface area contributed by atoms with Crippen LogP contribution in [0.5, 0.6) is 23.0 Å². The molecule has 2 atom stereocenters. The second-order valence-electron chi connectivity index (χ2n) is 14.3. The van der Waals surface area contributed by atoms with E-state index in [0.29, 0.717) is 58.2 Å². The first-order chi connectivity index (χ1) is 34.7. The molecule has 4 aromatic carbocycles. The van der Waals surface area contributed by atoms with Gasteiger partial charge in [0, 0.05) is 102 Å². The normalized spacial score (nSPS) is 10.2. The maximum Gasteiger partial charge on any atom is 0.373 e. The number of fused-ring (bicyclic) bond motifs is 4. The third-order valence-corrected chi connectivity index (χ3v) is 9.24. The predicted molar refractivity (Wildman–Crippen MR) is 270 cm³/mol. The number of aromatic carboxylic acids is 2. The molecule has 4 aromatic heterocycles. The van der Waals surface area contributed by atoms with Crippen molar-refractivity contribution in [3.63, 3.8) is 0 Å². The standard InChI is InChI=1S/2C23H18O8.2C2H6.2CO2.2CH3.2Y/c1-13(11-29-17-5-2-4-16-21(17)14(24)8-9-28-16)12-30-18-6-3-7-19-22(18)15(25)10-20(31-19)23(26)27;1-13(12-30-20-4-2-3-19-22(20)16(24)7-8-28-19)11-29-14-5-6-18-15(9-14)17(25)10-21(31-18)23(26)27;2*1-2;2*2-1-3;;;;/h2*2-10,13H,11-12H2,1H3,(H,26,27);2*1-2H3;;;2*1H3;;/q;;;;;;2*-1;;. The van der Waals surface area contributed by atoms with E-state index in [1.54, 1.807) is 54.6 Å². The third kappa shape index (κ3) is 20.2. The molecule has 0 amide bonds. The molecule has 20 nitrogen and oxygen atoms in total. The van der Waals surface area contributed by atoms with Gasteiger partial charge in [0.1, 0.15) is 61.5 Å². The summed E-state index contributed by atoms with van der Waals surface area (Å²) in [5.74, 6) is -2.01. The molecule has 76 heavy (non-hydrogen) atoms. The summed E-state index contributed by atoms with van der Waals surface area (Å²) in [6.07, 6.45) is 3.18. The molecule has 8 rings (SSSR count). The van der Waals surface area contributed by atoms with Crippen LogP contribution >= 0.6 is 0 Å². The average Bonchev–Trinajstić information content (AvgIpc) is 3.38. The molecule has 8 aromatic rings. The summed E-state index contributed by atoms with van der Waals surface area (Å²) in [6.45, 7) is 12.9. The number of hydrogen-bond acceptors (Lipinski definition) is 18. The number of ether oxygens (including phenoxy) is 4. The van der Waals surface area contributed by atoms with Crippen LogP contribution in [-0.2, 0) is 84.6 Å². The van der Waals surface area contributed by atoms with Crippen molar-refractivity contribution < 1.29 is 141 Å². The monoisotopic (exact) mass is 1200 g/mol. The van der Waals surface area contributed by atoms with Crippen LogP contribution in [0.3, 0.4) is 0 Å². The van der Waals surface area contributed by atoms with Gasteiger partial charge in [0.25, 0.3) is 0 Å². The van der Waals surface area contributed by atoms with Gasteiger partial charge in [-0.2, -0.15) is 19.2 Å². The van der Waals surface area contributed by atoms with E-state index >= 15 is 0 Å². The van der Waals surface area contributed by atoms with Crippen molar-refractivity contribution in [1.82, 2.24) is 0 Å². The Labute approximate surface area is 485 Å². The molecule has 398 valence electrons. The van der Waals surface area contributed by atoms with Crippen molar-refractivity contribution in [2.75, 3.05) is 26.4 Å². The van der Waals surface area contributed by atoms with Gasteiger partial charge in [0.05, 0.1) is 44.3 Å². The Hall–Kier alpha value is -7.17. The van der Waals surface area contributed by atoms with Gasteiger partial charge >= 0.3 is 24.2 Å². The molecule has 0 bridgehead atoms. The van der Waals surface area contributed by atoms with E-state index in [1.165, 1.54) is 42.9 Å². The minimum atomic E-state index is -1.32. The van der Waals surface area contributed by atoms with Gasteiger partial charge in [-0.1, -0.05) is 59.7 Å². The first kappa shape index (κ1) is 70.9. The zero-order valence-electron chi connectivity index (χ0n) is 42.8. The van der Waals surface area contributed by atoms with E-state index in [-0.39, 0.29) is 150 Å². The quantitative estimate of drug-likeness (QED) is 0.0958. The summed E-state index contributed by atoms with van der Waals surface area (Å²) in [7, 11) is 0. The predicted octanol–water partition coefficient (Wildman–Crippen LogP) is 9.16. The van der Waals surface area contributed by atoms with Crippen LogP contribution in [0, 0.1) is 26.7 Å². The molecule has 22 heteroatoms. The molecule has 0 aliphatic heterocycles. The van der Waals surface area contributed by atoms with Crippen molar-refractivity contribution in [3.05, 3.63) is 177 Å². The maximum atomic E-state index is 12.4. The Morgan fingerprint density at radius 3 is 1.25 bits per heavy atom. The average molecular weight is 1200 g/mol. The first-order valence-corrected chi connectivity index (χ1v) is 21.8. The Kier molecular flexibility index (Phi) is 34.3. The Morgan fingerprint density at radius 1 is 0.487 bits per heavy atom. The molecule has 4 heterocycles. The molecular weight excluding hydrogens is 1150 g/mol. The number of benzene rings is 4. The number of hydrogen-bond donors (Lipinski definition) is 2. The molecule has 0 fully saturated rings. The fourth-order valence-corrected chi connectivity index (χ4v) is 6.21. The SMILES string of the molecule is CC.CC.CC(COc1ccc2oc(C(=O)O)cc(=O)c2c1)COc1cccc2occc(=O)c12.CC(COc1cccc2occc(=O)c12)COc1cccc2oc(C(=O)O)cc(=O)c12.O=C=O.O=C=O.[CH3-].[CH3-].[Y].[Y]. The first-order valence-electron chi connectivity index (χ1n) is 21.8. The van der Waals surface area contributed by atoms with Crippen molar-refractivity contribution in [3.8, 4) is 23.0 Å². The van der Waals surface area contributed by atoms with Gasteiger partial charge in [0.2, 0.25) is 11.5 Å². The van der Waals surface area contributed by atoms with Gasteiger partial charge in [-0.3, -0.25) is 19.2 Å². The third-order valence-electron chi connectivity index (χ3n) is 9.24. The van der Waals surface area contributed by atoms with Crippen LogP contribution in [-0.4, -0.2) is 60.9 Å². The molecular formula is C54H54O20Y2-2. The van der Waals surface area contributed by atoms with E-state index in [2.05, 4.69) is 0 Å². The Balaban J connectivity index is 0. The number of carbonyl (C=O) groups excluding carboxylic acids is 4. The number of carbonyl (C=O) groups is 2. The van der Waals surface area contributed by atoms with Crippen LogP contribution in [0.2, 0.25) is 0 Å². The number of carboxylic acids is 2. The summed E-state index contributed by atoms with van der Waals surface area (Å²) < 4.78 is 44.3. The van der Waals surface area contributed by atoms with E-state index in [1.807, 2.05) is 41.5 Å². The fraction of sp³-hybridized carbons (Fsp3) is 0.222. The molecule has 0 saturated carbocycles. The number of carboxylic acid groups (broad SMARTS) is 2. The van der Waals surface area contributed by atoms with E-state index < -0.39 is 34.3 Å².